The van der Waals surface area contributed by atoms with E-state index in [2.05, 4.69) is 23.2 Å². The molecule has 0 aliphatic heterocycles. The summed E-state index contributed by atoms with van der Waals surface area (Å²) in [6.45, 7) is 0. The maximum Gasteiger partial charge on any atom is 0.240 e. The van der Waals surface area contributed by atoms with Gasteiger partial charge in [-0.1, -0.05) is 24.3 Å². The second-order valence-corrected chi connectivity index (χ2v) is 5.04. The predicted octanol–water partition coefficient (Wildman–Crippen LogP) is 2.51. The van der Waals surface area contributed by atoms with E-state index in [1.54, 1.807) is 20.3 Å². The van der Waals surface area contributed by atoms with Crippen LogP contribution >= 0.6 is 0 Å². The van der Waals surface area contributed by atoms with Crippen molar-refractivity contribution in [3.05, 3.63) is 41.6 Å². The van der Waals surface area contributed by atoms with Gasteiger partial charge in [0.15, 0.2) is 0 Å². The summed E-state index contributed by atoms with van der Waals surface area (Å²) in [5, 5.41) is 0. The van der Waals surface area contributed by atoms with E-state index in [1.165, 1.54) is 11.1 Å². The first-order valence-electron chi connectivity index (χ1n) is 6.90. The van der Waals surface area contributed by atoms with Gasteiger partial charge in [0, 0.05) is 5.56 Å². The lowest BCUT2D eigenvalue weighted by molar-refractivity contribution is 0.368. The summed E-state index contributed by atoms with van der Waals surface area (Å²) in [5.74, 6) is 1.83. The number of hydrogen-bond acceptors (Lipinski definition) is 4. The fourth-order valence-corrected chi connectivity index (χ4v) is 2.97. The van der Waals surface area contributed by atoms with Gasteiger partial charge in [-0.05, 0) is 18.4 Å². The molecule has 5 heteroatoms. The molecule has 0 radical (unpaired) electrons. The number of hydrogen-bond donors (Lipinski definition) is 0. The van der Waals surface area contributed by atoms with Crippen LogP contribution in [-0.4, -0.2) is 28.6 Å². The normalized spacial score (nSPS) is 12.9. The lowest BCUT2D eigenvalue weighted by Crippen LogP contribution is -2.07. The molecule has 4 rings (SSSR count). The first-order valence-corrected chi connectivity index (χ1v) is 6.90. The molecule has 3 aromatic rings. The molecule has 0 bridgehead atoms. The second kappa shape index (κ2) is 4.48. The van der Waals surface area contributed by atoms with Gasteiger partial charge in [0.1, 0.15) is 0 Å². The highest BCUT2D eigenvalue weighted by Crippen LogP contribution is 2.35. The zero-order chi connectivity index (χ0) is 14.4. The molecule has 0 saturated carbocycles. The van der Waals surface area contributed by atoms with Crippen molar-refractivity contribution in [1.82, 2.24) is 14.4 Å². The molecule has 1 aliphatic rings. The van der Waals surface area contributed by atoms with Crippen molar-refractivity contribution in [2.24, 2.45) is 0 Å². The minimum absolute atomic E-state index is 0.509. The number of rotatable bonds is 2. The lowest BCUT2D eigenvalue weighted by Gasteiger charge is -2.16. The molecular weight excluding hydrogens is 266 g/mol. The van der Waals surface area contributed by atoms with Gasteiger partial charge in [0.2, 0.25) is 17.5 Å². The second-order valence-electron chi connectivity index (χ2n) is 5.04. The number of methoxy groups -OCH3 is 2. The number of ether oxygens (including phenoxy) is 2. The van der Waals surface area contributed by atoms with Gasteiger partial charge in [-0.2, -0.15) is 4.98 Å². The lowest BCUT2D eigenvalue weighted by atomic mass is 9.92. The number of aromatic nitrogens is 3. The molecule has 2 aromatic heterocycles. The topological polar surface area (TPSA) is 48.7 Å². The highest BCUT2D eigenvalue weighted by Gasteiger charge is 2.24. The van der Waals surface area contributed by atoms with Crippen molar-refractivity contribution in [3.8, 4) is 23.0 Å². The zero-order valence-electron chi connectivity index (χ0n) is 12.0. The van der Waals surface area contributed by atoms with Crippen molar-refractivity contribution >= 4 is 5.78 Å². The van der Waals surface area contributed by atoms with Crippen molar-refractivity contribution in [1.29, 1.82) is 0 Å². The summed E-state index contributed by atoms with van der Waals surface area (Å²) >= 11 is 0. The third kappa shape index (κ3) is 1.70. The number of benzene rings is 1. The Morgan fingerprint density at radius 2 is 1.90 bits per heavy atom. The molecule has 1 aliphatic carbocycles. The summed E-state index contributed by atoms with van der Waals surface area (Å²) < 4.78 is 12.7. The van der Waals surface area contributed by atoms with E-state index in [0.29, 0.717) is 17.5 Å². The van der Waals surface area contributed by atoms with Gasteiger partial charge in [0.25, 0.3) is 0 Å². The smallest absolute Gasteiger partial charge is 0.240 e. The van der Waals surface area contributed by atoms with Gasteiger partial charge in [-0.15, -0.1) is 0 Å². The highest BCUT2D eigenvalue weighted by atomic mass is 16.5. The van der Waals surface area contributed by atoms with Crippen molar-refractivity contribution in [2.75, 3.05) is 14.2 Å². The van der Waals surface area contributed by atoms with E-state index in [9.17, 15) is 0 Å². The summed E-state index contributed by atoms with van der Waals surface area (Å²) in [7, 11) is 3.24. The van der Waals surface area contributed by atoms with Crippen LogP contribution in [0.15, 0.2) is 30.3 Å². The standard InChI is InChI=1S/C16H15N3O2/c1-20-13-9-14(21-2)19-12-8-7-10-5-3-4-6-11(10)15(12)18-16(19)17-13/h3-6,9H,7-8H2,1-2H3. The van der Waals surface area contributed by atoms with Gasteiger partial charge >= 0.3 is 0 Å². The SMILES string of the molecule is COc1cc(OC)n2c3c(nc2n1)-c1ccccc1CC3. The van der Waals surface area contributed by atoms with Crippen molar-refractivity contribution in [2.45, 2.75) is 12.8 Å². The predicted molar refractivity (Wildman–Crippen MR) is 78.9 cm³/mol. The van der Waals surface area contributed by atoms with Crippen LogP contribution in [-0.2, 0) is 12.8 Å². The minimum Gasteiger partial charge on any atom is -0.482 e. The average Bonchev–Trinajstić information content (AvgIpc) is 2.92. The van der Waals surface area contributed by atoms with E-state index in [0.717, 1.165) is 24.2 Å². The molecule has 0 unspecified atom stereocenters. The molecule has 106 valence electrons. The Balaban J connectivity index is 2.05. The molecule has 0 fully saturated rings. The minimum atomic E-state index is 0.509. The van der Waals surface area contributed by atoms with Crippen LogP contribution in [0.3, 0.4) is 0 Å². The Labute approximate surface area is 122 Å². The summed E-state index contributed by atoms with van der Waals surface area (Å²) in [4.78, 5) is 9.13. The monoisotopic (exact) mass is 281 g/mol. The van der Waals surface area contributed by atoms with Crippen LogP contribution in [0.1, 0.15) is 11.3 Å². The molecule has 21 heavy (non-hydrogen) atoms. The zero-order valence-corrected chi connectivity index (χ0v) is 12.0. The quantitative estimate of drug-likeness (QED) is 0.724. The molecule has 2 heterocycles. The van der Waals surface area contributed by atoms with Crippen LogP contribution in [0.25, 0.3) is 17.0 Å². The maximum atomic E-state index is 5.49. The van der Waals surface area contributed by atoms with E-state index in [-0.39, 0.29) is 0 Å². The first-order chi connectivity index (χ1) is 10.3. The average molecular weight is 281 g/mol. The fraction of sp³-hybridized carbons (Fsp3) is 0.250. The Morgan fingerprint density at radius 3 is 2.71 bits per heavy atom. The number of fused-ring (bicyclic) bond motifs is 5. The van der Waals surface area contributed by atoms with E-state index in [1.807, 2.05) is 10.5 Å². The molecule has 0 saturated heterocycles. The van der Waals surface area contributed by atoms with Gasteiger partial charge < -0.3 is 9.47 Å². The van der Waals surface area contributed by atoms with Crippen LogP contribution in [0.5, 0.6) is 11.8 Å². The van der Waals surface area contributed by atoms with Crippen LogP contribution in [0, 0.1) is 0 Å². The third-order valence-electron chi connectivity index (χ3n) is 3.95. The van der Waals surface area contributed by atoms with E-state index < -0.39 is 0 Å². The summed E-state index contributed by atoms with van der Waals surface area (Å²) in [5.41, 5.74) is 4.66. The summed E-state index contributed by atoms with van der Waals surface area (Å²) in [6, 6.07) is 10.2. The molecule has 1 aromatic carbocycles. The number of aryl methyl sites for hydroxylation is 2. The Bertz CT molecular complexity index is 839. The van der Waals surface area contributed by atoms with Crippen molar-refractivity contribution < 1.29 is 9.47 Å². The fourth-order valence-electron chi connectivity index (χ4n) is 2.97. The Kier molecular flexibility index (Phi) is 2.60. The number of imidazole rings is 1. The molecule has 0 spiro atoms. The van der Waals surface area contributed by atoms with E-state index >= 15 is 0 Å². The molecule has 0 atom stereocenters. The maximum absolute atomic E-state index is 5.49. The molecule has 0 amide bonds. The number of nitrogens with zero attached hydrogens (tertiary/aromatic N) is 3. The van der Waals surface area contributed by atoms with E-state index in [4.69, 9.17) is 14.5 Å². The highest BCUT2D eigenvalue weighted by molar-refractivity contribution is 5.71. The summed E-state index contributed by atoms with van der Waals surface area (Å²) in [6.07, 6.45) is 1.93. The van der Waals surface area contributed by atoms with Crippen molar-refractivity contribution in [3.63, 3.8) is 0 Å². The van der Waals surface area contributed by atoms with Gasteiger partial charge in [0.05, 0.1) is 31.7 Å². The molecule has 0 N–H and O–H groups in total. The molecular formula is C16H15N3O2. The van der Waals surface area contributed by atoms with Crippen LogP contribution in [0.2, 0.25) is 0 Å². The largest absolute Gasteiger partial charge is 0.482 e. The van der Waals surface area contributed by atoms with Crippen LogP contribution < -0.4 is 9.47 Å². The Hall–Kier alpha value is -2.56. The Morgan fingerprint density at radius 1 is 1.05 bits per heavy atom. The third-order valence-corrected chi connectivity index (χ3v) is 3.95. The first kappa shape index (κ1) is 12.2. The molecule has 5 nitrogen and oxygen atoms in total. The van der Waals surface area contributed by atoms with Crippen LogP contribution in [0.4, 0.5) is 0 Å². The van der Waals surface area contributed by atoms with Gasteiger partial charge in [-0.25, -0.2) is 4.98 Å². The van der Waals surface area contributed by atoms with Gasteiger partial charge in [-0.3, -0.25) is 4.40 Å².